The summed E-state index contributed by atoms with van der Waals surface area (Å²) in [5.41, 5.74) is 0.430. The summed E-state index contributed by atoms with van der Waals surface area (Å²) in [6.45, 7) is -0.392. The molecule has 15 heavy (non-hydrogen) atoms. The minimum Gasteiger partial charge on any atom is -0.480 e. The maximum Gasteiger partial charge on any atom is 0.323 e. The highest BCUT2D eigenvalue weighted by atomic mass is 35.5. The van der Waals surface area contributed by atoms with Crippen LogP contribution in [0, 0.1) is 0 Å². The lowest BCUT2D eigenvalue weighted by atomic mass is 10.2. The smallest absolute Gasteiger partial charge is 0.323 e. The summed E-state index contributed by atoms with van der Waals surface area (Å²) in [7, 11) is 0. The molecule has 0 heterocycles. The van der Waals surface area contributed by atoms with Crippen LogP contribution in [-0.2, 0) is 4.79 Å². The number of hydrogen-bond donors (Lipinski definition) is 1. The molecule has 0 aliphatic rings. The minimum absolute atomic E-state index is 0.139. The Morgan fingerprint density at radius 3 is 2.33 bits per heavy atom. The molecule has 0 fully saturated rings. The number of carboxylic acid groups (broad SMARTS) is 1. The largest absolute Gasteiger partial charge is 0.480 e. The lowest BCUT2D eigenvalue weighted by molar-refractivity contribution is -0.137. The molecule has 0 saturated carbocycles. The molecule has 1 aromatic carbocycles. The molecule has 0 unspecified atom stereocenters. The normalized spacial score (nSPS) is 9.67. The standard InChI is InChI=1S/C10H10ClNO3/c11-7-12(6-9(13)14)10(15)8-4-2-1-3-5-8/h1-5H,6-7H2,(H,13,14). The Hall–Kier alpha value is -1.55. The Morgan fingerprint density at radius 1 is 1.27 bits per heavy atom. The third-order valence-electron chi connectivity index (χ3n) is 1.78. The summed E-state index contributed by atoms with van der Waals surface area (Å²) < 4.78 is 0. The van der Waals surface area contributed by atoms with Crippen LogP contribution < -0.4 is 0 Å². The van der Waals surface area contributed by atoms with Gasteiger partial charge in [0.15, 0.2) is 0 Å². The number of halogens is 1. The van der Waals surface area contributed by atoms with Crippen molar-refractivity contribution in [2.24, 2.45) is 0 Å². The molecular formula is C10H10ClNO3. The van der Waals surface area contributed by atoms with Crippen LogP contribution in [0.2, 0.25) is 0 Å². The topological polar surface area (TPSA) is 57.6 Å². The maximum atomic E-state index is 11.7. The van der Waals surface area contributed by atoms with E-state index in [9.17, 15) is 9.59 Å². The van der Waals surface area contributed by atoms with E-state index in [0.717, 1.165) is 4.90 Å². The van der Waals surface area contributed by atoms with Crippen LogP contribution in [0.15, 0.2) is 30.3 Å². The summed E-state index contributed by atoms with van der Waals surface area (Å²) in [6, 6.07) is 8.29. The fourth-order valence-electron chi connectivity index (χ4n) is 1.09. The molecule has 0 aromatic heterocycles. The number of aliphatic carboxylic acids is 1. The first-order valence-corrected chi connectivity index (χ1v) is 4.80. The second kappa shape index (κ2) is 5.36. The highest BCUT2D eigenvalue weighted by molar-refractivity contribution is 6.19. The quantitative estimate of drug-likeness (QED) is 0.625. The first-order chi connectivity index (χ1) is 7.15. The van der Waals surface area contributed by atoms with Gasteiger partial charge in [0.25, 0.3) is 5.91 Å². The van der Waals surface area contributed by atoms with Crippen molar-refractivity contribution in [3.8, 4) is 0 Å². The van der Waals surface area contributed by atoms with Gasteiger partial charge in [0.05, 0.1) is 6.00 Å². The van der Waals surface area contributed by atoms with Crippen LogP contribution in [-0.4, -0.2) is 34.4 Å². The number of amides is 1. The molecule has 1 rings (SSSR count). The van der Waals surface area contributed by atoms with Crippen molar-refractivity contribution in [1.29, 1.82) is 0 Å². The Labute approximate surface area is 92.1 Å². The van der Waals surface area contributed by atoms with Crippen molar-refractivity contribution in [2.45, 2.75) is 0 Å². The summed E-state index contributed by atoms with van der Waals surface area (Å²) >= 11 is 5.50. The van der Waals surface area contributed by atoms with E-state index in [0.29, 0.717) is 5.56 Å². The van der Waals surface area contributed by atoms with Crippen molar-refractivity contribution in [1.82, 2.24) is 4.90 Å². The number of hydrogen-bond acceptors (Lipinski definition) is 2. The van der Waals surface area contributed by atoms with E-state index in [1.807, 2.05) is 0 Å². The van der Waals surface area contributed by atoms with Crippen LogP contribution in [0.5, 0.6) is 0 Å². The Morgan fingerprint density at radius 2 is 1.87 bits per heavy atom. The van der Waals surface area contributed by atoms with Gasteiger partial charge in [0, 0.05) is 5.56 Å². The highest BCUT2D eigenvalue weighted by Gasteiger charge is 2.16. The average Bonchev–Trinajstić information content (AvgIpc) is 2.26. The SMILES string of the molecule is O=C(O)CN(CCl)C(=O)c1ccccc1. The van der Waals surface area contributed by atoms with Crippen molar-refractivity contribution in [3.63, 3.8) is 0 Å². The number of carbonyl (C=O) groups is 2. The molecule has 4 nitrogen and oxygen atoms in total. The van der Waals surface area contributed by atoms with E-state index in [-0.39, 0.29) is 11.9 Å². The monoisotopic (exact) mass is 227 g/mol. The summed E-state index contributed by atoms with van der Waals surface area (Å²) in [4.78, 5) is 23.2. The second-order valence-electron chi connectivity index (χ2n) is 2.88. The molecule has 0 aliphatic heterocycles. The molecule has 1 aromatic rings. The highest BCUT2D eigenvalue weighted by Crippen LogP contribution is 2.05. The van der Waals surface area contributed by atoms with Gasteiger partial charge in [0.2, 0.25) is 0 Å². The zero-order valence-corrected chi connectivity index (χ0v) is 8.65. The molecular weight excluding hydrogens is 218 g/mol. The first-order valence-electron chi connectivity index (χ1n) is 4.27. The van der Waals surface area contributed by atoms with Gasteiger partial charge in [0.1, 0.15) is 6.54 Å². The molecule has 0 bridgehead atoms. The lowest BCUT2D eigenvalue weighted by Gasteiger charge is -2.16. The zero-order valence-electron chi connectivity index (χ0n) is 7.89. The van der Waals surface area contributed by atoms with Gasteiger partial charge in [-0.1, -0.05) is 18.2 Å². The zero-order chi connectivity index (χ0) is 11.3. The third kappa shape index (κ3) is 3.25. The average molecular weight is 228 g/mol. The van der Waals surface area contributed by atoms with Crippen molar-refractivity contribution in [3.05, 3.63) is 35.9 Å². The van der Waals surface area contributed by atoms with Crippen molar-refractivity contribution < 1.29 is 14.7 Å². The van der Waals surface area contributed by atoms with Gasteiger partial charge in [-0.25, -0.2) is 0 Å². The number of carbonyl (C=O) groups excluding carboxylic acids is 1. The molecule has 1 N–H and O–H groups in total. The molecule has 0 atom stereocenters. The molecule has 80 valence electrons. The fraction of sp³-hybridized carbons (Fsp3) is 0.200. The number of rotatable bonds is 4. The van der Waals surface area contributed by atoms with Gasteiger partial charge < -0.3 is 10.0 Å². The van der Waals surface area contributed by atoms with Crippen LogP contribution >= 0.6 is 11.6 Å². The van der Waals surface area contributed by atoms with Crippen LogP contribution in [0.25, 0.3) is 0 Å². The Kier molecular flexibility index (Phi) is 4.12. The third-order valence-corrected chi connectivity index (χ3v) is 2.07. The predicted molar refractivity (Wildman–Crippen MR) is 55.8 cm³/mol. The van der Waals surface area contributed by atoms with E-state index in [1.54, 1.807) is 30.3 Å². The van der Waals surface area contributed by atoms with Gasteiger partial charge in [-0.2, -0.15) is 0 Å². The van der Waals surface area contributed by atoms with E-state index >= 15 is 0 Å². The van der Waals surface area contributed by atoms with Gasteiger partial charge >= 0.3 is 5.97 Å². The van der Waals surface area contributed by atoms with E-state index in [2.05, 4.69) is 0 Å². The molecule has 0 radical (unpaired) electrons. The summed E-state index contributed by atoms with van der Waals surface area (Å²) in [6.07, 6.45) is 0. The molecule has 0 aliphatic carbocycles. The number of benzene rings is 1. The van der Waals surface area contributed by atoms with E-state index < -0.39 is 12.5 Å². The van der Waals surface area contributed by atoms with Crippen LogP contribution in [0.1, 0.15) is 10.4 Å². The summed E-state index contributed by atoms with van der Waals surface area (Å²) in [5, 5.41) is 8.56. The van der Waals surface area contributed by atoms with Crippen molar-refractivity contribution in [2.75, 3.05) is 12.5 Å². The fourth-order valence-corrected chi connectivity index (χ4v) is 1.29. The summed E-state index contributed by atoms with van der Waals surface area (Å²) in [5.74, 6) is -1.46. The second-order valence-corrected chi connectivity index (χ2v) is 3.12. The predicted octanol–water partition coefficient (Wildman–Crippen LogP) is 1.41. The Bertz CT molecular complexity index is 353. The van der Waals surface area contributed by atoms with Crippen LogP contribution in [0.3, 0.4) is 0 Å². The minimum atomic E-state index is -1.08. The van der Waals surface area contributed by atoms with Gasteiger partial charge in [-0.05, 0) is 12.1 Å². The number of nitrogens with zero attached hydrogens (tertiary/aromatic N) is 1. The number of carboxylic acids is 1. The van der Waals surface area contributed by atoms with Gasteiger partial charge in [-0.15, -0.1) is 11.6 Å². The van der Waals surface area contributed by atoms with E-state index in [4.69, 9.17) is 16.7 Å². The molecule has 1 amide bonds. The van der Waals surface area contributed by atoms with E-state index in [1.165, 1.54) is 0 Å². The van der Waals surface area contributed by atoms with Gasteiger partial charge in [-0.3, -0.25) is 9.59 Å². The first kappa shape index (κ1) is 11.5. The lowest BCUT2D eigenvalue weighted by Crippen LogP contribution is -2.34. The molecule has 5 heteroatoms. The van der Waals surface area contributed by atoms with Crippen LogP contribution in [0.4, 0.5) is 0 Å². The molecule has 0 spiro atoms. The molecule has 0 saturated heterocycles. The van der Waals surface area contributed by atoms with Crippen molar-refractivity contribution >= 4 is 23.5 Å². The Balaban J connectivity index is 2.78. The number of alkyl halides is 1. The maximum absolute atomic E-state index is 11.7.